The maximum atomic E-state index is 6.38. The Balaban J connectivity index is 1.81. The minimum Gasteiger partial charge on any atom is -0.415 e. The molecule has 112 valence electrons. The Morgan fingerprint density at radius 2 is 0.947 bits per heavy atom. The summed E-state index contributed by atoms with van der Waals surface area (Å²) in [5.41, 5.74) is 0. The summed E-state index contributed by atoms with van der Waals surface area (Å²) in [7, 11) is -4.08. The predicted molar refractivity (Wildman–Crippen MR) is 82.7 cm³/mol. The van der Waals surface area contributed by atoms with Crippen LogP contribution in [0.5, 0.6) is 0 Å². The molecule has 0 aromatic heterocycles. The van der Waals surface area contributed by atoms with Gasteiger partial charge in [0, 0.05) is 12.2 Å². The molecule has 5 heteroatoms. The second-order valence-electron chi connectivity index (χ2n) is 6.95. The molecule has 19 heavy (non-hydrogen) atoms. The normalized spacial score (nSPS) is 23.4. The Hall–Kier alpha value is 0.314. The van der Waals surface area contributed by atoms with Crippen molar-refractivity contribution in [3.8, 4) is 0 Å². The van der Waals surface area contributed by atoms with E-state index in [1.807, 2.05) is 0 Å². The largest absolute Gasteiger partial charge is 0.415 e. The van der Waals surface area contributed by atoms with E-state index < -0.39 is 17.1 Å². The maximum absolute atomic E-state index is 6.38. The third-order valence-electron chi connectivity index (χ3n) is 4.00. The second kappa shape index (κ2) is 6.39. The van der Waals surface area contributed by atoms with Crippen LogP contribution in [0.25, 0.3) is 0 Å². The molecule has 2 aliphatic rings. The van der Waals surface area contributed by atoms with Gasteiger partial charge in [0.25, 0.3) is 0 Å². The lowest BCUT2D eigenvalue weighted by Crippen LogP contribution is -2.50. The smallest absolute Gasteiger partial charge is 0.323 e. The minimum absolute atomic E-state index is 0.443. The molecule has 0 heterocycles. The number of hydrogen-bond donors (Lipinski definition) is 0. The van der Waals surface area contributed by atoms with Crippen LogP contribution in [0, 0.1) is 0 Å². The number of hydrogen-bond acceptors (Lipinski definition) is 3. The lowest BCUT2D eigenvalue weighted by Gasteiger charge is -2.36. The fraction of sp³-hybridized carbons (Fsp3) is 1.00. The molecule has 2 rings (SSSR count). The molecule has 0 saturated heterocycles. The van der Waals surface area contributed by atoms with Crippen molar-refractivity contribution < 1.29 is 13.0 Å². The molecule has 0 aromatic rings. The summed E-state index contributed by atoms with van der Waals surface area (Å²) in [6.45, 7) is 8.71. The van der Waals surface area contributed by atoms with Gasteiger partial charge in [-0.05, 0) is 51.9 Å². The standard InChI is InChI=1S/C14H30O3Si2/c1-18(2,15-13-9-5-6-10-13)17-19(3,4)16-14-11-7-8-12-14/h13-14H,5-12H2,1-4H3. The van der Waals surface area contributed by atoms with Crippen LogP contribution in [0.1, 0.15) is 51.4 Å². The van der Waals surface area contributed by atoms with E-state index in [1.165, 1.54) is 51.4 Å². The summed E-state index contributed by atoms with van der Waals surface area (Å²) in [6, 6.07) is 0. The first-order valence-corrected chi connectivity index (χ1v) is 13.6. The Labute approximate surface area is 120 Å². The van der Waals surface area contributed by atoms with Crippen LogP contribution < -0.4 is 0 Å². The van der Waals surface area contributed by atoms with Crippen molar-refractivity contribution >= 4 is 17.1 Å². The van der Waals surface area contributed by atoms with Crippen molar-refractivity contribution in [2.24, 2.45) is 0 Å². The minimum atomic E-state index is -2.04. The molecule has 2 fully saturated rings. The van der Waals surface area contributed by atoms with E-state index >= 15 is 0 Å². The van der Waals surface area contributed by atoms with Crippen molar-refractivity contribution in [3.63, 3.8) is 0 Å². The Bertz CT molecular complexity index is 254. The fourth-order valence-electron chi connectivity index (χ4n) is 3.46. The lowest BCUT2D eigenvalue weighted by atomic mass is 10.3. The van der Waals surface area contributed by atoms with E-state index in [2.05, 4.69) is 26.2 Å². The van der Waals surface area contributed by atoms with Crippen molar-refractivity contribution in [1.82, 2.24) is 0 Å². The van der Waals surface area contributed by atoms with E-state index in [9.17, 15) is 0 Å². The summed E-state index contributed by atoms with van der Waals surface area (Å²) in [5.74, 6) is 0. The van der Waals surface area contributed by atoms with Crippen LogP contribution in [-0.4, -0.2) is 29.3 Å². The molecule has 0 aromatic carbocycles. The van der Waals surface area contributed by atoms with Gasteiger partial charge < -0.3 is 13.0 Å². The molecule has 0 bridgehead atoms. The van der Waals surface area contributed by atoms with E-state index in [4.69, 9.17) is 13.0 Å². The highest BCUT2D eigenvalue weighted by atomic mass is 28.5. The zero-order chi connectivity index (χ0) is 13.9. The van der Waals surface area contributed by atoms with Crippen molar-refractivity contribution in [3.05, 3.63) is 0 Å². The van der Waals surface area contributed by atoms with Gasteiger partial charge >= 0.3 is 17.1 Å². The molecule has 0 N–H and O–H groups in total. The molecule has 2 saturated carbocycles. The van der Waals surface area contributed by atoms with Gasteiger partial charge in [0.05, 0.1) is 0 Å². The van der Waals surface area contributed by atoms with Crippen LogP contribution in [0.4, 0.5) is 0 Å². The van der Waals surface area contributed by atoms with E-state index in [-0.39, 0.29) is 0 Å². The lowest BCUT2D eigenvalue weighted by molar-refractivity contribution is 0.122. The van der Waals surface area contributed by atoms with E-state index in [1.54, 1.807) is 0 Å². The summed E-state index contributed by atoms with van der Waals surface area (Å²) in [4.78, 5) is 0. The highest BCUT2D eigenvalue weighted by Crippen LogP contribution is 2.29. The number of rotatable bonds is 6. The van der Waals surface area contributed by atoms with Crippen molar-refractivity contribution in [2.75, 3.05) is 0 Å². The van der Waals surface area contributed by atoms with Gasteiger partial charge in [-0.1, -0.05) is 25.7 Å². The van der Waals surface area contributed by atoms with Gasteiger partial charge in [-0.25, -0.2) is 0 Å². The molecule has 0 amide bonds. The zero-order valence-electron chi connectivity index (χ0n) is 13.0. The van der Waals surface area contributed by atoms with E-state index in [0.717, 1.165) is 0 Å². The van der Waals surface area contributed by atoms with Crippen LogP contribution in [0.3, 0.4) is 0 Å². The first-order valence-electron chi connectivity index (χ1n) is 7.92. The first-order chi connectivity index (χ1) is 8.86. The van der Waals surface area contributed by atoms with Crippen molar-refractivity contribution in [1.29, 1.82) is 0 Å². The molecule has 0 unspecified atom stereocenters. The summed E-state index contributed by atoms with van der Waals surface area (Å²) >= 11 is 0. The molecule has 2 aliphatic carbocycles. The van der Waals surface area contributed by atoms with Gasteiger partial charge in [-0.15, -0.1) is 0 Å². The zero-order valence-corrected chi connectivity index (χ0v) is 15.0. The highest BCUT2D eigenvalue weighted by molar-refractivity contribution is 6.78. The molecule has 0 aliphatic heterocycles. The molecular weight excluding hydrogens is 272 g/mol. The summed E-state index contributed by atoms with van der Waals surface area (Å²) in [5, 5.41) is 0. The fourth-order valence-corrected chi connectivity index (χ4v) is 10.7. The highest BCUT2D eigenvalue weighted by Gasteiger charge is 2.40. The maximum Gasteiger partial charge on any atom is 0.323 e. The van der Waals surface area contributed by atoms with Gasteiger partial charge in [-0.3, -0.25) is 0 Å². The second-order valence-corrected chi connectivity index (χ2v) is 13.8. The first kappa shape index (κ1) is 15.7. The average molecular weight is 303 g/mol. The Morgan fingerprint density at radius 1 is 0.632 bits per heavy atom. The Morgan fingerprint density at radius 3 is 1.26 bits per heavy atom. The predicted octanol–water partition coefficient (Wildman–Crippen LogP) is 4.33. The van der Waals surface area contributed by atoms with Gasteiger partial charge in [0.2, 0.25) is 0 Å². The molecule has 3 nitrogen and oxygen atoms in total. The quantitative estimate of drug-likeness (QED) is 0.684. The third-order valence-corrected chi connectivity index (χ3v) is 9.73. The summed E-state index contributed by atoms with van der Waals surface area (Å²) < 4.78 is 18.9. The van der Waals surface area contributed by atoms with Crippen LogP contribution in [-0.2, 0) is 13.0 Å². The molecule has 0 spiro atoms. The van der Waals surface area contributed by atoms with Crippen LogP contribution in [0.15, 0.2) is 0 Å². The monoisotopic (exact) mass is 302 g/mol. The van der Waals surface area contributed by atoms with Gasteiger partial charge in [0.1, 0.15) is 0 Å². The third kappa shape index (κ3) is 5.30. The Kier molecular flexibility index (Phi) is 5.28. The summed E-state index contributed by atoms with van der Waals surface area (Å²) in [6.07, 6.45) is 11.0. The topological polar surface area (TPSA) is 27.7 Å². The SMILES string of the molecule is C[Si](C)(OC1CCCC1)O[Si](C)(C)OC1CCCC1. The molecule has 0 atom stereocenters. The van der Waals surface area contributed by atoms with Gasteiger partial charge in [0.15, 0.2) is 0 Å². The van der Waals surface area contributed by atoms with Crippen molar-refractivity contribution in [2.45, 2.75) is 89.8 Å². The van der Waals surface area contributed by atoms with Crippen LogP contribution in [0.2, 0.25) is 26.2 Å². The van der Waals surface area contributed by atoms with Gasteiger partial charge in [-0.2, -0.15) is 0 Å². The molecular formula is C14H30O3Si2. The molecule has 0 radical (unpaired) electrons. The average Bonchev–Trinajstić information content (AvgIpc) is 2.87. The van der Waals surface area contributed by atoms with E-state index in [0.29, 0.717) is 12.2 Å². The van der Waals surface area contributed by atoms with Crippen LogP contribution >= 0.6 is 0 Å².